The van der Waals surface area contributed by atoms with Gasteiger partial charge in [-0.1, -0.05) is 11.2 Å². The lowest BCUT2D eigenvalue weighted by Gasteiger charge is -2.50. The minimum absolute atomic E-state index is 0.0288. The standard InChI is InChI=1S/C37H48N8O14S2/c1-35(2,3)56-33(50)38-14-9-15-44-18-22(17-39-44)20-10-12-24-21(16-20)11-13-25(55-24)27(31(48)49)58-43-26(23-19-60-32(40-23)42-34(51)57-36(4,5)6)29(46)41-28-30(47)45(37(28,7)8)59-61(52,53)54/h10,12,16-19,25,27-28H,9,11,13-15H2,1-8H3,(H,38,50)(H,41,46)(H,48,49)(H,40,42,51)(H,52,53,54)/b43-26-/t25-,27+,28-/m1/s1. The van der Waals surface area contributed by atoms with Crippen molar-refractivity contribution in [1.29, 1.82) is 0 Å². The molecule has 0 bridgehead atoms. The fourth-order valence-corrected chi connectivity index (χ4v) is 7.15. The molecule has 22 nitrogen and oxygen atoms in total. The number of oxime groups is 1. The monoisotopic (exact) mass is 892 g/mol. The Bertz CT molecular complexity index is 2290. The Morgan fingerprint density at radius 3 is 2.41 bits per heavy atom. The van der Waals surface area contributed by atoms with Crippen LogP contribution in [0.2, 0.25) is 0 Å². The van der Waals surface area contributed by atoms with Crippen LogP contribution in [0.5, 0.6) is 5.75 Å². The van der Waals surface area contributed by atoms with Gasteiger partial charge in [0.15, 0.2) is 10.8 Å². The van der Waals surface area contributed by atoms with Gasteiger partial charge in [-0.15, -0.1) is 15.6 Å². The maximum Gasteiger partial charge on any atom is 0.418 e. The van der Waals surface area contributed by atoms with Crippen molar-refractivity contribution in [2.45, 2.75) is 116 Å². The quantitative estimate of drug-likeness (QED) is 0.0478. The Kier molecular flexibility index (Phi) is 13.6. The second kappa shape index (κ2) is 18.0. The molecule has 1 saturated heterocycles. The first-order chi connectivity index (χ1) is 28.3. The number of fused-ring (bicyclic) bond motifs is 1. The van der Waals surface area contributed by atoms with Crippen molar-refractivity contribution in [3.8, 4) is 16.9 Å². The number of β-lactam (4-membered cyclic amide) rings is 1. The van der Waals surface area contributed by atoms with Crippen LogP contribution in [0.15, 0.2) is 41.1 Å². The number of hydrogen-bond donors (Lipinski definition) is 5. The van der Waals surface area contributed by atoms with Crippen molar-refractivity contribution in [3.63, 3.8) is 0 Å². The van der Waals surface area contributed by atoms with Gasteiger partial charge in [0.05, 0.1) is 11.7 Å². The van der Waals surface area contributed by atoms with E-state index in [0.717, 1.165) is 28.0 Å². The number of amides is 4. The number of thiazole rings is 1. The summed E-state index contributed by atoms with van der Waals surface area (Å²) in [5.74, 6) is -3.21. The zero-order chi connectivity index (χ0) is 45.1. The topological polar surface area (TPSA) is 288 Å². The molecule has 2 aliphatic heterocycles. The van der Waals surface area contributed by atoms with Crippen LogP contribution in [-0.2, 0) is 56.3 Å². The van der Waals surface area contributed by atoms with Crippen molar-refractivity contribution in [2.24, 2.45) is 5.16 Å². The van der Waals surface area contributed by atoms with E-state index in [1.807, 2.05) is 12.3 Å². The molecule has 3 aromatic rings. The van der Waals surface area contributed by atoms with Gasteiger partial charge in [-0.3, -0.25) is 24.1 Å². The molecule has 4 heterocycles. The van der Waals surface area contributed by atoms with Gasteiger partial charge < -0.3 is 34.8 Å². The second-order valence-corrected chi connectivity index (χ2v) is 18.3. The van der Waals surface area contributed by atoms with Crippen LogP contribution in [-0.4, -0.2) is 115 Å². The van der Waals surface area contributed by atoms with E-state index in [9.17, 15) is 37.5 Å². The minimum Gasteiger partial charge on any atom is -0.485 e. The molecular formula is C37H48N8O14S2. The van der Waals surface area contributed by atoms with Crippen molar-refractivity contribution in [3.05, 3.63) is 47.2 Å². The smallest absolute Gasteiger partial charge is 0.418 e. The summed E-state index contributed by atoms with van der Waals surface area (Å²) in [6, 6.07) is 3.98. The number of nitrogens with zero attached hydrogens (tertiary/aromatic N) is 5. The Labute approximate surface area is 354 Å². The third-order valence-electron chi connectivity index (χ3n) is 8.77. The number of carboxylic acid groups (broad SMARTS) is 1. The maximum atomic E-state index is 13.7. The number of hydroxylamine groups is 2. The average molecular weight is 893 g/mol. The molecule has 2 aliphatic rings. The number of alkyl carbamates (subject to hydrolysis) is 1. The van der Waals surface area contributed by atoms with Crippen molar-refractivity contribution in [2.75, 3.05) is 11.9 Å². The number of nitrogens with one attached hydrogen (secondary N) is 3. The summed E-state index contributed by atoms with van der Waals surface area (Å²) in [5.41, 5.74) is -1.28. The molecule has 1 fully saturated rings. The summed E-state index contributed by atoms with van der Waals surface area (Å²) < 4.78 is 54.4. The first kappa shape index (κ1) is 46.2. The van der Waals surface area contributed by atoms with E-state index in [2.05, 4.69) is 35.5 Å². The van der Waals surface area contributed by atoms with Gasteiger partial charge in [-0.05, 0) is 97.9 Å². The number of carboxylic acids is 1. The van der Waals surface area contributed by atoms with E-state index >= 15 is 0 Å². The van der Waals surface area contributed by atoms with Gasteiger partial charge in [-0.25, -0.2) is 19.4 Å². The van der Waals surface area contributed by atoms with Gasteiger partial charge in [0, 0.05) is 30.2 Å². The molecule has 24 heteroatoms. The van der Waals surface area contributed by atoms with E-state index in [1.54, 1.807) is 64.6 Å². The van der Waals surface area contributed by atoms with Crippen LogP contribution in [0.1, 0.15) is 79.5 Å². The van der Waals surface area contributed by atoms with Crippen LogP contribution >= 0.6 is 11.3 Å². The number of aliphatic carboxylic acids is 1. The first-order valence-corrected chi connectivity index (χ1v) is 21.1. The van der Waals surface area contributed by atoms with Gasteiger partial charge >= 0.3 is 28.6 Å². The predicted molar refractivity (Wildman–Crippen MR) is 216 cm³/mol. The Morgan fingerprint density at radius 2 is 1.77 bits per heavy atom. The number of aromatic nitrogens is 3. The lowest BCUT2D eigenvalue weighted by Crippen LogP contribution is -2.76. The molecule has 0 saturated carbocycles. The van der Waals surface area contributed by atoms with Gasteiger partial charge in [0.1, 0.15) is 34.8 Å². The molecule has 332 valence electrons. The third kappa shape index (κ3) is 12.4. The van der Waals surface area contributed by atoms with Crippen molar-refractivity contribution < 1.29 is 65.4 Å². The highest BCUT2D eigenvalue weighted by Crippen LogP contribution is 2.35. The van der Waals surface area contributed by atoms with Gasteiger partial charge in [-0.2, -0.15) is 18.6 Å². The average Bonchev–Trinajstić information content (AvgIpc) is 3.80. The van der Waals surface area contributed by atoms with Crippen molar-refractivity contribution >= 4 is 62.5 Å². The fraction of sp³-hybridized carbons (Fsp3) is 0.514. The summed E-state index contributed by atoms with van der Waals surface area (Å²) in [4.78, 5) is 73.1. The highest BCUT2D eigenvalue weighted by Gasteiger charge is 2.58. The lowest BCUT2D eigenvalue weighted by molar-refractivity contribution is -0.218. The SMILES string of the molecule is CC(C)(C)OC(=O)NCCCn1cc(-c2ccc3c(c2)CC[C@H]([C@H](O/N=C(\C(=O)N[C@@H]2C(=O)N(OS(=O)(=O)O)C2(C)C)c2csc(NC(=O)OC(C)(C)C)n2)C(=O)O)O3)cn1. The third-order valence-corrected chi connectivity index (χ3v) is 9.86. The van der Waals surface area contributed by atoms with Crippen LogP contribution in [0.4, 0.5) is 14.7 Å². The fourth-order valence-electron chi connectivity index (χ4n) is 6.02. The van der Waals surface area contributed by atoms with Crippen molar-refractivity contribution in [1.82, 2.24) is 30.5 Å². The summed E-state index contributed by atoms with van der Waals surface area (Å²) >= 11 is 0.870. The zero-order valence-corrected chi connectivity index (χ0v) is 36.2. The van der Waals surface area contributed by atoms with E-state index in [1.165, 1.54) is 19.2 Å². The van der Waals surface area contributed by atoms with E-state index < -0.39 is 81.1 Å². The highest BCUT2D eigenvalue weighted by atomic mass is 32.3. The molecule has 5 rings (SSSR count). The normalized spacial score (nSPS) is 18.1. The summed E-state index contributed by atoms with van der Waals surface area (Å²) in [6.07, 6.45) is 0.567. The summed E-state index contributed by atoms with van der Waals surface area (Å²) in [6.45, 7) is 13.9. The zero-order valence-electron chi connectivity index (χ0n) is 34.6. The molecular weight excluding hydrogens is 845 g/mol. The van der Waals surface area contributed by atoms with Crippen LogP contribution < -0.4 is 20.7 Å². The Hall–Kier alpha value is -5.85. The number of carbonyl (C=O) groups is 5. The highest BCUT2D eigenvalue weighted by molar-refractivity contribution is 7.80. The molecule has 61 heavy (non-hydrogen) atoms. The molecule has 0 spiro atoms. The van der Waals surface area contributed by atoms with Crippen LogP contribution in [0.3, 0.4) is 0 Å². The number of ether oxygens (including phenoxy) is 3. The molecule has 5 N–H and O–H groups in total. The number of benzene rings is 1. The molecule has 3 atom stereocenters. The Balaban J connectivity index is 1.29. The largest absolute Gasteiger partial charge is 0.485 e. The summed E-state index contributed by atoms with van der Waals surface area (Å²) in [7, 11) is -5.09. The van der Waals surface area contributed by atoms with Gasteiger partial charge in [0.2, 0.25) is 0 Å². The predicted octanol–water partition coefficient (Wildman–Crippen LogP) is 3.68. The Morgan fingerprint density at radius 1 is 1.08 bits per heavy atom. The molecule has 0 aliphatic carbocycles. The number of anilines is 1. The number of carbonyl (C=O) groups excluding carboxylic acids is 4. The van der Waals surface area contributed by atoms with Crippen LogP contribution in [0, 0.1) is 0 Å². The van der Waals surface area contributed by atoms with E-state index in [4.69, 9.17) is 23.6 Å². The molecule has 0 radical (unpaired) electrons. The summed E-state index contributed by atoms with van der Waals surface area (Å²) in [5, 5.41) is 27.7. The molecule has 2 aromatic heterocycles. The first-order valence-electron chi connectivity index (χ1n) is 18.8. The molecule has 0 unspecified atom stereocenters. The van der Waals surface area contributed by atoms with Crippen LogP contribution in [0.25, 0.3) is 11.1 Å². The molecule has 1 aromatic carbocycles. The second-order valence-electron chi connectivity index (χ2n) is 16.5. The van der Waals surface area contributed by atoms with E-state index in [-0.39, 0.29) is 17.2 Å². The maximum absolute atomic E-state index is 13.7. The van der Waals surface area contributed by atoms with Gasteiger partial charge in [0.25, 0.3) is 17.9 Å². The number of rotatable bonds is 15. The van der Waals surface area contributed by atoms with E-state index in [0.29, 0.717) is 36.7 Å². The number of hydrogen-bond acceptors (Lipinski definition) is 16. The number of aryl methyl sites for hydroxylation is 2. The molecule has 4 amide bonds. The minimum atomic E-state index is -5.09. The lowest BCUT2D eigenvalue weighted by atomic mass is 9.84.